The molecule has 3 aromatic rings. The van der Waals surface area contributed by atoms with Gasteiger partial charge in [-0.25, -0.2) is 15.0 Å². The van der Waals surface area contributed by atoms with E-state index in [1.54, 1.807) is 30.5 Å². The van der Waals surface area contributed by atoms with E-state index in [1.165, 1.54) is 12.6 Å². The Morgan fingerprint density at radius 3 is 2.71 bits per heavy atom. The lowest BCUT2D eigenvalue weighted by Gasteiger charge is -2.09. The second kappa shape index (κ2) is 7.04. The Morgan fingerprint density at radius 2 is 2.04 bits per heavy atom. The van der Waals surface area contributed by atoms with Crippen molar-refractivity contribution in [1.29, 1.82) is 0 Å². The number of furan rings is 1. The molecule has 0 atom stereocenters. The molecule has 3 aromatic heterocycles. The van der Waals surface area contributed by atoms with Gasteiger partial charge < -0.3 is 15.1 Å². The summed E-state index contributed by atoms with van der Waals surface area (Å²) >= 11 is 3.28. The summed E-state index contributed by atoms with van der Waals surface area (Å²) in [5.41, 5.74) is -0.270. The molecule has 0 saturated heterocycles. The second-order valence-electron chi connectivity index (χ2n) is 4.60. The first-order chi connectivity index (χ1) is 11.6. The summed E-state index contributed by atoms with van der Waals surface area (Å²) in [5.74, 6) is 1.20. The number of nitrogens with one attached hydrogen (secondary N) is 2. The molecule has 0 aromatic carbocycles. The van der Waals surface area contributed by atoms with Gasteiger partial charge in [0, 0.05) is 10.7 Å². The van der Waals surface area contributed by atoms with Crippen LogP contribution in [0.2, 0.25) is 0 Å². The van der Waals surface area contributed by atoms with E-state index >= 15 is 0 Å². The van der Waals surface area contributed by atoms with Crippen molar-refractivity contribution in [3.05, 3.63) is 63.4 Å². The van der Waals surface area contributed by atoms with Gasteiger partial charge in [-0.05, 0) is 40.2 Å². The molecule has 10 heteroatoms. The van der Waals surface area contributed by atoms with Crippen LogP contribution >= 0.6 is 15.9 Å². The third-order valence-corrected chi connectivity index (χ3v) is 3.46. The van der Waals surface area contributed by atoms with E-state index in [0.717, 1.165) is 4.47 Å². The average molecular weight is 391 g/mol. The largest absolute Gasteiger partial charge is 0.467 e. The van der Waals surface area contributed by atoms with Gasteiger partial charge in [-0.3, -0.25) is 10.1 Å². The molecule has 2 N–H and O–H groups in total. The molecule has 0 spiro atoms. The number of nitrogens with zero attached hydrogens (tertiary/aromatic N) is 4. The van der Waals surface area contributed by atoms with Crippen LogP contribution in [0.15, 0.2) is 51.9 Å². The standard InChI is InChI=1S/C14H11BrN6O3/c15-9-3-4-11(16-6-9)20-14-12(21(22)23)13(18-8-19-14)17-7-10-2-1-5-24-10/h1-6,8H,7H2,(H2,16,17,18,19,20). The molecular weight excluding hydrogens is 380 g/mol. The molecule has 0 saturated carbocycles. The van der Waals surface area contributed by atoms with Crippen molar-refractivity contribution in [3.8, 4) is 0 Å². The van der Waals surface area contributed by atoms with Gasteiger partial charge in [-0.2, -0.15) is 0 Å². The number of aromatic nitrogens is 3. The highest BCUT2D eigenvalue weighted by atomic mass is 79.9. The molecule has 0 aliphatic heterocycles. The first-order valence-corrected chi connectivity index (χ1v) is 7.57. The van der Waals surface area contributed by atoms with Gasteiger partial charge in [0.25, 0.3) is 0 Å². The van der Waals surface area contributed by atoms with Crippen LogP contribution in [0, 0.1) is 10.1 Å². The second-order valence-corrected chi connectivity index (χ2v) is 5.51. The molecule has 122 valence electrons. The molecular formula is C14H11BrN6O3. The van der Waals surface area contributed by atoms with Gasteiger partial charge in [-0.1, -0.05) is 0 Å². The van der Waals surface area contributed by atoms with Crippen molar-refractivity contribution < 1.29 is 9.34 Å². The van der Waals surface area contributed by atoms with Gasteiger partial charge in [0.05, 0.1) is 17.7 Å². The minimum Gasteiger partial charge on any atom is -0.467 e. The Balaban J connectivity index is 1.87. The Hall–Kier alpha value is -3.01. The Bertz CT molecular complexity index is 838. The number of hydrogen-bond acceptors (Lipinski definition) is 8. The van der Waals surface area contributed by atoms with E-state index in [0.29, 0.717) is 11.6 Å². The SMILES string of the molecule is O=[N+]([O-])c1c(NCc2ccco2)ncnc1Nc1ccc(Br)cn1. The fourth-order valence-corrected chi connectivity index (χ4v) is 2.16. The van der Waals surface area contributed by atoms with E-state index in [9.17, 15) is 10.1 Å². The van der Waals surface area contributed by atoms with E-state index in [4.69, 9.17) is 4.42 Å². The Kier molecular flexibility index (Phi) is 4.66. The fraction of sp³-hybridized carbons (Fsp3) is 0.0714. The predicted molar refractivity (Wildman–Crippen MR) is 89.9 cm³/mol. The first-order valence-electron chi connectivity index (χ1n) is 6.77. The molecule has 3 rings (SSSR count). The molecule has 9 nitrogen and oxygen atoms in total. The van der Waals surface area contributed by atoms with Crippen molar-refractivity contribution in [3.63, 3.8) is 0 Å². The third-order valence-electron chi connectivity index (χ3n) is 2.99. The van der Waals surface area contributed by atoms with E-state index in [1.807, 2.05) is 0 Å². The van der Waals surface area contributed by atoms with Crippen LogP contribution in [-0.4, -0.2) is 19.9 Å². The lowest BCUT2D eigenvalue weighted by atomic mass is 10.4. The van der Waals surface area contributed by atoms with E-state index in [2.05, 4.69) is 41.5 Å². The van der Waals surface area contributed by atoms with Gasteiger partial charge in [-0.15, -0.1) is 0 Å². The lowest BCUT2D eigenvalue weighted by Crippen LogP contribution is -2.08. The number of nitro groups is 1. The Morgan fingerprint density at radius 1 is 1.21 bits per heavy atom. The van der Waals surface area contributed by atoms with Crippen LogP contribution in [0.5, 0.6) is 0 Å². The topological polar surface area (TPSA) is 119 Å². The van der Waals surface area contributed by atoms with Crippen LogP contribution in [0.4, 0.5) is 23.1 Å². The molecule has 0 amide bonds. The maximum Gasteiger partial charge on any atom is 0.353 e. The normalized spacial score (nSPS) is 10.4. The summed E-state index contributed by atoms with van der Waals surface area (Å²) in [4.78, 5) is 22.9. The van der Waals surface area contributed by atoms with Gasteiger partial charge in [0.2, 0.25) is 11.6 Å². The molecule has 0 unspecified atom stereocenters. The summed E-state index contributed by atoms with van der Waals surface area (Å²) in [6.07, 6.45) is 4.33. The highest BCUT2D eigenvalue weighted by molar-refractivity contribution is 9.10. The van der Waals surface area contributed by atoms with Gasteiger partial charge in [0.15, 0.2) is 0 Å². The predicted octanol–water partition coefficient (Wildman–Crippen LogP) is 3.49. The average Bonchev–Trinajstić information content (AvgIpc) is 3.08. The highest BCUT2D eigenvalue weighted by Crippen LogP contribution is 2.31. The zero-order chi connectivity index (χ0) is 16.9. The van der Waals surface area contributed by atoms with Gasteiger partial charge >= 0.3 is 5.69 Å². The third kappa shape index (κ3) is 3.66. The summed E-state index contributed by atoms with van der Waals surface area (Å²) < 4.78 is 5.98. The molecule has 0 aliphatic carbocycles. The maximum absolute atomic E-state index is 11.4. The number of rotatable bonds is 6. The summed E-state index contributed by atoms with van der Waals surface area (Å²) in [7, 11) is 0. The maximum atomic E-state index is 11.4. The van der Waals surface area contributed by atoms with Crippen LogP contribution < -0.4 is 10.6 Å². The van der Waals surface area contributed by atoms with Gasteiger partial charge in [0.1, 0.15) is 17.9 Å². The minimum absolute atomic E-state index is 0.0479. The molecule has 0 aliphatic rings. The summed E-state index contributed by atoms with van der Waals surface area (Å²) in [5, 5.41) is 17.1. The molecule has 0 radical (unpaired) electrons. The monoisotopic (exact) mass is 390 g/mol. The van der Waals surface area contributed by atoms with E-state index < -0.39 is 4.92 Å². The van der Waals surface area contributed by atoms with E-state index in [-0.39, 0.29) is 23.9 Å². The lowest BCUT2D eigenvalue weighted by molar-refractivity contribution is -0.383. The smallest absolute Gasteiger partial charge is 0.353 e. The van der Waals surface area contributed by atoms with Crippen LogP contribution in [-0.2, 0) is 6.54 Å². The zero-order valence-electron chi connectivity index (χ0n) is 12.1. The number of hydrogen-bond donors (Lipinski definition) is 2. The number of anilines is 3. The highest BCUT2D eigenvalue weighted by Gasteiger charge is 2.23. The van der Waals surface area contributed by atoms with Crippen molar-refractivity contribution in [1.82, 2.24) is 15.0 Å². The molecule has 0 bridgehead atoms. The number of halogens is 1. The summed E-state index contributed by atoms with van der Waals surface area (Å²) in [6.45, 7) is 0.265. The zero-order valence-corrected chi connectivity index (χ0v) is 13.7. The quantitative estimate of drug-likeness (QED) is 0.484. The first kappa shape index (κ1) is 15.9. The van der Waals surface area contributed by atoms with Crippen molar-refractivity contribution in [2.75, 3.05) is 10.6 Å². The van der Waals surface area contributed by atoms with Crippen LogP contribution in [0.25, 0.3) is 0 Å². The van der Waals surface area contributed by atoms with Crippen molar-refractivity contribution in [2.24, 2.45) is 0 Å². The van der Waals surface area contributed by atoms with Crippen molar-refractivity contribution in [2.45, 2.75) is 6.54 Å². The van der Waals surface area contributed by atoms with Crippen molar-refractivity contribution >= 4 is 39.1 Å². The summed E-state index contributed by atoms with van der Waals surface area (Å²) in [6, 6.07) is 6.92. The number of pyridine rings is 1. The van der Waals surface area contributed by atoms with Crippen LogP contribution in [0.1, 0.15) is 5.76 Å². The fourth-order valence-electron chi connectivity index (χ4n) is 1.93. The minimum atomic E-state index is -0.550. The molecule has 3 heterocycles. The molecule has 0 fully saturated rings. The van der Waals surface area contributed by atoms with Crippen LogP contribution in [0.3, 0.4) is 0 Å². The Labute approximate surface area is 144 Å². The molecule has 24 heavy (non-hydrogen) atoms.